The molecule has 28 heavy (non-hydrogen) atoms. The minimum Gasteiger partial charge on any atom is -0.448 e. The maximum Gasteiger partial charge on any atom is 0.349 e. The molecule has 10 heteroatoms. The van der Waals surface area contributed by atoms with E-state index >= 15 is 0 Å². The predicted molar refractivity (Wildman–Crippen MR) is 99.6 cm³/mol. The molecule has 7 nitrogen and oxygen atoms in total. The molecule has 0 bridgehead atoms. The van der Waals surface area contributed by atoms with Crippen LogP contribution < -0.4 is 10.9 Å². The average Bonchev–Trinajstić information content (AvgIpc) is 2.94. The number of carbonyl (C=O) groups excluding carboxylic acids is 2. The summed E-state index contributed by atoms with van der Waals surface area (Å²) >= 11 is 0.975. The fourth-order valence-corrected chi connectivity index (χ4v) is 3.65. The van der Waals surface area contributed by atoms with Gasteiger partial charge in [0.25, 0.3) is 11.5 Å². The van der Waals surface area contributed by atoms with Gasteiger partial charge < -0.3 is 15.0 Å². The number of anilines is 1. The van der Waals surface area contributed by atoms with Gasteiger partial charge in [0.05, 0.1) is 11.1 Å². The number of thiophene rings is 1. The molecule has 0 aliphatic carbocycles. The van der Waals surface area contributed by atoms with Gasteiger partial charge >= 0.3 is 5.97 Å². The lowest BCUT2D eigenvalue weighted by Gasteiger charge is -2.13. The molecule has 0 radical (unpaired) electrons. The van der Waals surface area contributed by atoms with Crippen LogP contribution in [0.1, 0.15) is 28.0 Å². The van der Waals surface area contributed by atoms with Crippen LogP contribution in [0.5, 0.6) is 0 Å². The first kappa shape index (κ1) is 19.6. The Labute approximate surface area is 161 Å². The summed E-state index contributed by atoms with van der Waals surface area (Å²) in [5.41, 5.74) is -0.345. The minimum absolute atomic E-state index is 0.134. The largest absolute Gasteiger partial charge is 0.448 e. The van der Waals surface area contributed by atoms with Crippen LogP contribution in [-0.4, -0.2) is 27.9 Å². The molecule has 0 spiro atoms. The van der Waals surface area contributed by atoms with Crippen LogP contribution in [0.15, 0.2) is 23.0 Å². The van der Waals surface area contributed by atoms with E-state index in [9.17, 15) is 23.2 Å². The van der Waals surface area contributed by atoms with Crippen molar-refractivity contribution in [2.45, 2.75) is 26.9 Å². The zero-order valence-electron chi connectivity index (χ0n) is 15.1. The molecular weight excluding hydrogens is 392 g/mol. The van der Waals surface area contributed by atoms with Crippen LogP contribution >= 0.6 is 11.3 Å². The van der Waals surface area contributed by atoms with Crippen molar-refractivity contribution in [3.8, 4) is 0 Å². The van der Waals surface area contributed by atoms with Gasteiger partial charge in [0.15, 0.2) is 6.10 Å². The van der Waals surface area contributed by atoms with Crippen molar-refractivity contribution in [1.29, 1.82) is 0 Å². The highest BCUT2D eigenvalue weighted by molar-refractivity contribution is 7.20. The molecule has 0 aliphatic rings. The van der Waals surface area contributed by atoms with E-state index in [0.717, 1.165) is 29.5 Å². The zero-order chi connectivity index (χ0) is 20.6. The van der Waals surface area contributed by atoms with Gasteiger partial charge in [0.2, 0.25) is 0 Å². The van der Waals surface area contributed by atoms with Crippen molar-refractivity contribution in [3.05, 3.63) is 56.5 Å². The van der Waals surface area contributed by atoms with Gasteiger partial charge in [-0.05, 0) is 38.5 Å². The molecule has 146 valence electrons. The first-order valence-corrected chi connectivity index (χ1v) is 8.96. The molecule has 3 aromatic rings. The number of rotatable bonds is 4. The van der Waals surface area contributed by atoms with Gasteiger partial charge in [-0.25, -0.2) is 18.6 Å². The van der Waals surface area contributed by atoms with E-state index in [1.54, 1.807) is 13.8 Å². The predicted octanol–water partition coefficient (Wildman–Crippen LogP) is 3.06. The number of amides is 1. The molecule has 0 unspecified atom stereocenters. The van der Waals surface area contributed by atoms with E-state index in [2.05, 4.69) is 15.3 Å². The summed E-state index contributed by atoms with van der Waals surface area (Å²) in [6.45, 7) is 4.49. The second-order valence-corrected chi connectivity index (χ2v) is 7.05. The van der Waals surface area contributed by atoms with Gasteiger partial charge in [-0.1, -0.05) is 0 Å². The monoisotopic (exact) mass is 407 g/mol. The maximum atomic E-state index is 13.6. The fourth-order valence-electron chi connectivity index (χ4n) is 2.54. The summed E-state index contributed by atoms with van der Waals surface area (Å²) < 4.78 is 32.0. The Morgan fingerprint density at radius 3 is 2.71 bits per heavy atom. The number of hydrogen-bond donors (Lipinski definition) is 2. The molecular formula is C18H15F2N3O4S. The van der Waals surface area contributed by atoms with Crippen molar-refractivity contribution in [1.82, 2.24) is 9.97 Å². The van der Waals surface area contributed by atoms with E-state index in [1.165, 1.54) is 6.92 Å². The Morgan fingerprint density at radius 2 is 2.00 bits per heavy atom. The van der Waals surface area contributed by atoms with Gasteiger partial charge in [0, 0.05) is 6.07 Å². The quantitative estimate of drug-likeness (QED) is 0.648. The van der Waals surface area contributed by atoms with E-state index in [4.69, 9.17) is 4.74 Å². The summed E-state index contributed by atoms with van der Waals surface area (Å²) in [7, 11) is 0. The molecule has 1 amide bonds. The number of benzene rings is 1. The van der Waals surface area contributed by atoms with Crippen LogP contribution in [0.25, 0.3) is 10.2 Å². The number of hydrogen-bond acceptors (Lipinski definition) is 6. The molecule has 2 heterocycles. The topological polar surface area (TPSA) is 101 Å². The van der Waals surface area contributed by atoms with Crippen LogP contribution in [0.3, 0.4) is 0 Å². The summed E-state index contributed by atoms with van der Waals surface area (Å²) in [5, 5.41) is 2.45. The number of ether oxygens (including phenoxy) is 1. The Morgan fingerprint density at radius 1 is 1.29 bits per heavy atom. The summed E-state index contributed by atoms with van der Waals surface area (Å²) in [6, 6.07) is 2.60. The summed E-state index contributed by atoms with van der Waals surface area (Å²) in [5.74, 6) is -2.79. The summed E-state index contributed by atoms with van der Waals surface area (Å²) in [4.78, 5) is 43.9. The summed E-state index contributed by atoms with van der Waals surface area (Å²) in [6.07, 6.45) is -1.28. The molecule has 0 saturated carbocycles. The van der Waals surface area contributed by atoms with Gasteiger partial charge in [0.1, 0.15) is 27.2 Å². The minimum atomic E-state index is -1.28. The van der Waals surface area contributed by atoms with Crippen molar-refractivity contribution in [2.24, 2.45) is 0 Å². The molecule has 2 aromatic heterocycles. The molecule has 0 fully saturated rings. The fraction of sp³-hybridized carbons (Fsp3) is 0.222. The number of esters is 1. The normalized spacial score (nSPS) is 12.0. The first-order chi connectivity index (χ1) is 13.2. The van der Waals surface area contributed by atoms with Crippen molar-refractivity contribution >= 4 is 39.1 Å². The standard InChI is InChI=1S/C18H15F2N3O4S/c1-7-13-16(25)21-9(3)22-17(13)28-14(7)18(26)27-8(2)15(24)23-12-6-10(19)4-5-11(12)20/h4-6,8H,1-3H3,(H,23,24)(H,21,22,25)/t8-/m0/s1. The Kier molecular flexibility index (Phi) is 5.23. The van der Waals surface area contributed by atoms with E-state index < -0.39 is 29.6 Å². The smallest absolute Gasteiger partial charge is 0.349 e. The van der Waals surface area contributed by atoms with Crippen molar-refractivity contribution < 1.29 is 23.1 Å². The molecule has 0 saturated heterocycles. The van der Waals surface area contributed by atoms with E-state index in [1.807, 2.05) is 0 Å². The lowest BCUT2D eigenvalue weighted by molar-refractivity contribution is -0.123. The van der Waals surface area contributed by atoms with Crippen LogP contribution in [-0.2, 0) is 9.53 Å². The highest BCUT2D eigenvalue weighted by atomic mass is 32.1. The molecule has 3 rings (SSSR count). The van der Waals surface area contributed by atoms with Gasteiger partial charge in [-0.2, -0.15) is 0 Å². The lowest BCUT2D eigenvalue weighted by Crippen LogP contribution is -2.30. The third-order valence-electron chi connectivity index (χ3n) is 3.94. The Balaban J connectivity index is 1.79. The Bertz CT molecular complexity index is 1160. The second-order valence-electron chi connectivity index (χ2n) is 6.05. The number of H-pyrrole nitrogens is 1. The second kappa shape index (κ2) is 7.47. The van der Waals surface area contributed by atoms with Crippen LogP contribution in [0.2, 0.25) is 0 Å². The van der Waals surface area contributed by atoms with Crippen LogP contribution in [0, 0.1) is 25.5 Å². The highest BCUT2D eigenvalue weighted by Gasteiger charge is 2.25. The number of fused-ring (bicyclic) bond motifs is 1. The highest BCUT2D eigenvalue weighted by Crippen LogP contribution is 2.28. The molecule has 2 N–H and O–H groups in total. The molecule has 0 aliphatic heterocycles. The zero-order valence-corrected chi connectivity index (χ0v) is 15.9. The number of carbonyl (C=O) groups is 2. The van der Waals surface area contributed by atoms with Crippen molar-refractivity contribution in [3.63, 3.8) is 0 Å². The van der Waals surface area contributed by atoms with E-state index in [0.29, 0.717) is 16.2 Å². The Hall–Kier alpha value is -3.14. The lowest BCUT2D eigenvalue weighted by atomic mass is 10.2. The first-order valence-electron chi connectivity index (χ1n) is 8.14. The average molecular weight is 407 g/mol. The van der Waals surface area contributed by atoms with Gasteiger partial charge in [-0.15, -0.1) is 11.3 Å². The third kappa shape index (κ3) is 3.77. The number of halogens is 2. The molecule has 1 aromatic carbocycles. The number of nitrogens with one attached hydrogen (secondary N) is 2. The third-order valence-corrected chi connectivity index (χ3v) is 5.11. The maximum absolute atomic E-state index is 13.6. The number of aryl methyl sites for hydroxylation is 2. The number of aromatic amines is 1. The van der Waals surface area contributed by atoms with E-state index in [-0.39, 0.29) is 21.5 Å². The van der Waals surface area contributed by atoms with Crippen LogP contribution in [0.4, 0.5) is 14.5 Å². The number of aromatic nitrogens is 2. The SMILES string of the molecule is Cc1nc2sc(C(=O)O[C@@H](C)C(=O)Nc3cc(F)ccc3F)c(C)c2c(=O)[nH]1. The number of nitrogens with zero attached hydrogens (tertiary/aromatic N) is 1. The molecule has 1 atom stereocenters. The van der Waals surface area contributed by atoms with Gasteiger partial charge in [-0.3, -0.25) is 9.59 Å². The van der Waals surface area contributed by atoms with Crippen molar-refractivity contribution in [2.75, 3.05) is 5.32 Å².